The molecule has 21 heavy (non-hydrogen) atoms. The molecule has 0 aliphatic rings. The van der Waals surface area contributed by atoms with Gasteiger partial charge in [0.15, 0.2) is 0 Å². The van der Waals surface area contributed by atoms with E-state index in [0.717, 1.165) is 5.56 Å². The van der Waals surface area contributed by atoms with Crippen molar-refractivity contribution in [2.75, 3.05) is 12.3 Å². The maximum absolute atomic E-state index is 12.4. The van der Waals surface area contributed by atoms with E-state index in [1.54, 1.807) is 4.90 Å². The minimum Gasteiger partial charge on any atom is -0.481 e. The SMILES string of the molecule is CC(C)(C)N(CCC(=O)O)C(=O)CCc1ccc(N)cc1. The molecule has 0 saturated carbocycles. The molecule has 0 atom stereocenters. The number of carboxylic acid groups (broad SMARTS) is 1. The van der Waals surface area contributed by atoms with E-state index < -0.39 is 5.97 Å². The van der Waals surface area contributed by atoms with Crippen molar-refractivity contribution in [3.05, 3.63) is 29.8 Å². The Hall–Kier alpha value is -2.04. The molecule has 0 bridgehead atoms. The highest BCUT2D eigenvalue weighted by Gasteiger charge is 2.26. The van der Waals surface area contributed by atoms with Gasteiger partial charge in [0, 0.05) is 24.2 Å². The third-order valence-electron chi connectivity index (χ3n) is 3.27. The van der Waals surface area contributed by atoms with E-state index in [2.05, 4.69) is 0 Å². The minimum atomic E-state index is -0.893. The lowest BCUT2D eigenvalue weighted by Crippen LogP contribution is -2.46. The van der Waals surface area contributed by atoms with Gasteiger partial charge in [0.1, 0.15) is 0 Å². The number of anilines is 1. The number of hydrogen-bond donors (Lipinski definition) is 2. The number of aliphatic carboxylic acids is 1. The van der Waals surface area contributed by atoms with Crippen LogP contribution in [0.3, 0.4) is 0 Å². The molecule has 0 radical (unpaired) electrons. The van der Waals surface area contributed by atoms with Crippen LogP contribution >= 0.6 is 0 Å². The topological polar surface area (TPSA) is 83.6 Å². The number of benzene rings is 1. The Morgan fingerprint density at radius 1 is 1.14 bits per heavy atom. The highest BCUT2D eigenvalue weighted by atomic mass is 16.4. The fraction of sp³-hybridized carbons (Fsp3) is 0.500. The van der Waals surface area contributed by atoms with Gasteiger partial charge in [0.05, 0.1) is 6.42 Å². The Kier molecular flexibility index (Phi) is 5.76. The molecule has 0 aromatic heterocycles. The first-order valence-electron chi connectivity index (χ1n) is 7.07. The summed E-state index contributed by atoms with van der Waals surface area (Å²) in [6.45, 7) is 5.97. The summed E-state index contributed by atoms with van der Waals surface area (Å²) in [5, 5.41) is 8.79. The summed E-state index contributed by atoms with van der Waals surface area (Å²) >= 11 is 0. The molecule has 5 nitrogen and oxygen atoms in total. The van der Waals surface area contributed by atoms with E-state index in [4.69, 9.17) is 10.8 Å². The van der Waals surface area contributed by atoms with Crippen LogP contribution in [-0.2, 0) is 16.0 Å². The molecular formula is C16H24N2O3. The third kappa shape index (κ3) is 5.85. The number of carbonyl (C=O) groups is 2. The molecule has 5 heteroatoms. The van der Waals surface area contributed by atoms with Gasteiger partial charge in [-0.25, -0.2) is 0 Å². The predicted octanol–water partition coefficient (Wildman–Crippen LogP) is 2.30. The van der Waals surface area contributed by atoms with Crippen LogP contribution in [-0.4, -0.2) is 34.0 Å². The molecule has 0 aliphatic heterocycles. The average Bonchev–Trinajstić information content (AvgIpc) is 2.36. The van der Waals surface area contributed by atoms with Crippen molar-refractivity contribution in [2.45, 2.75) is 45.6 Å². The fourth-order valence-electron chi connectivity index (χ4n) is 2.11. The second kappa shape index (κ2) is 7.11. The summed E-state index contributed by atoms with van der Waals surface area (Å²) < 4.78 is 0. The largest absolute Gasteiger partial charge is 0.481 e. The number of amides is 1. The number of aryl methyl sites for hydroxylation is 1. The zero-order chi connectivity index (χ0) is 16.0. The molecule has 1 rings (SSSR count). The quantitative estimate of drug-likeness (QED) is 0.788. The highest BCUT2D eigenvalue weighted by Crippen LogP contribution is 2.17. The number of carboxylic acids is 1. The van der Waals surface area contributed by atoms with Gasteiger partial charge in [0.2, 0.25) is 5.91 Å². The summed E-state index contributed by atoms with van der Waals surface area (Å²) in [6, 6.07) is 7.43. The molecule has 1 aromatic carbocycles. The predicted molar refractivity (Wildman–Crippen MR) is 82.9 cm³/mol. The average molecular weight is 292 g/mol. The van der Waals surface area contributed by atoms with Crippen LogP contribution in [0.1, 0.15) is 39.2 Å². The van der Waals surface area contributed by atoms with Crippen molar-refractivity contribution in [2.24, 2.45) is 0 Å². The van der Waals surface area contributed by atoms with E-state index in [1.807, 2.05) is 45.0 Å². The Morgan fingerprint density at radius 3 is 2.19 bits per heavy atom. The smallest absolute Gasteiger partial charge is 0.305 e. The fourth-order valence-corrected chi connectivity index (χ4v) is 2.11. The van der Waals surface area contributed by atoms with E-state index in [9.17, 15) is 9.59 Å². The van der Waals surface area contributed by atoms with Crippen LogP contribution in [0.15, 0.2) is 24.3 Å². The van der Waals surface area contributed by atoms with Crippen LogP contribution < -0.4 is 5.73 Å². The molecule has 3 N–H and O–H groups in total. The Labute approximate surface area is 125 Å². The number of rotatable bonds is 6. The van der Waals surface area contributed by atoms with E-state index >= 15 is 0 Å². The lowest BCUT2D eigenvalue weighted by molar-refractivity contribution is -0.140. The summed E-state index contributed by atoms with van der Waals surface area (Å²) in [5.74, 6) is -0.920. The normalized spacial score (nSPS) is 11.2. The highest BCUT2D eigenvalue weighted by molar-refractivity contribution is 5.78. The van der Waals surface area contributed by atoms with Crippen molar-refractivity contribution >= 4 is 17.6 Å². The number of nitrogen functional groups attached to an aromatic ring is 1. The zero-order valence-corrected chi connectivity index (χ0v) is 12.9. The number of nitrogens with zero attached hydrogens (tertiary/aromatic N) is 1. The summed E-state index contributed by atoms with van der Waals surface area (Å²) in [6.07, 6.45) is 0.949. The van der Waals surface area contributed by atoms with Gasteiger partial charge in [-0.15, -0.1) is 0 Å². The van der Waals surface area contributed by atoms with Gasteiger partial charge in [-0.1, -0.05) is 12.1 Å². The Bertz CT molecular complexity index is 489. The first-order chi connectivity index (χ1) is 9.70. The molecular weight excluding hydrogens is 268 g/mol. The molecule has 0 aliphatic carbocycles. The number of hydrogen-bond acceptors (Lipinski definition) is 3. The second-order valence-electron chi connectivity index (χ2n) is 6.10. The van der Waals surface area contributed by atoms with Gasteiger partial charge < -0.3 is 15.7 Å². The molecule has 0 fully saturated rings. The lowest BCUT2D eigenvalue weighted by atomic mass is 10.0. The van der Waals surface area contributed by atoms with Crippen LogP contribution in [0.4, 0.5) is 5.69 Å². The Morgan fingerprint density at radius 2 is 1.71 bits per heavy atom. The van der Waals surface area contributed by atoms with Crippen LogP contribution in [0.2, 0.25) is 0 Å². The van der Waals surface area contributed by atoms with Gasteiger partial charge in [-0.3, -0.25) is 9.59 Å². The second-order valence-corrected chi connectivity index (χ2v) is 6.10. The summed E-state index contributed by atoms with van der Waals surface area (Å²) in [4.78, 5) is 24.7. The standard InChI is InChI=1S/C16H24N2O3/c1-16(2,3)18(11-10-15(20)21)14(19)9-6-12-4-7-13(17)8-5-12/h4-5,7-8H,6,9-11,17H2,1-3H3,(H,20,21). The molecule has 0 spiro atoms. The number of nitrogens with two attached hydrogens (primary N) is 1. The molecule has 0 unspecified atom stereocenters. The van der Waals surface area contributed by atoms with E-state index in [1.165, 1.54) is 0 Å². The molecule has 0 heterocycles. The zero-order valence-electron chi connectivity index (χ0n) is 12.9. The maximum Gasteiger partial charge on any atom is 0.305 e. The van der Waals surface area contributed by atoms with Crippen LogP contribution in [0, 0.1) is 0 Å². The number of carbonyl (C=O) groups excluding carboxylic acids is 1. The van der Waals surface area contributed by atoms with Gasteiger partial charge in [-0.2, -0.15) is 0 Å². The monoisotopic (exact) mass is 292 g/mol. The van der Waals surface area contributed by atoms with Crippen LogP contribution in [0.25, 0.3) is 0 Å². The van der Waals surface area contributed by atoms with Gasteiger partial charge in [-0.05, 0) is 44.9 Å². The van der Waals surface area contributed by atoms with Crippen molar-refractivity contribution in [3.63, 3.8) is 0 Å². The first kappa shape index (κ1) is 17.0. The van der Waals surface area contributed by atoms with Gasteiger partial charge in [0.25, 0.3) is 0 Å². The Balaban J connectivity index is 2.63. The lowest BCUT2D eigenvalue weighted by Gasteiger charge is -2.35. The summed E-state index contributed by atoms with van der Waals surface area (Å²) in [5.41, 5.74) is 6.99. The first-order valence-corrected chi connectivity index (χ1v) is 7.07. The third-order valence-corrected chi connectivity index (χ3v) is 3.27. The minimum absolute atomic E-state index is 0.0272. The van der Waals surface area contributed by atoms with Crippen molar-refractivity contribution < 1.29 is 14.7 Å². The van der Waals surface area contributed by atoms with Crippen molar-refractivity contribution in [1.82, 2.24) is 4.90 Å². The molecule has 1 amide bonds. The molecule has 0 saturated heterocycles. The van der Waals surface area contributed by atoms with E-state index in [0.29, 0.717) is 18.5 Å². The van der Waals surface area contributed by atoms with Crippen molar-refractivity contribution in [1.29, 1.82) is 0 Å². The van der Waals surface area contributed by atoms with Gasteiger partial charge >= 0.3 is 5.97 Å². The molecule has 116 valence electrons. The van der Waals surface area contributed by atoms with Crippen molar-refractivity contribution in [3.8, 4) is 0 Å². The van der Waals surface area contributed by atoms with E-state index in [-0.39, 0.29) is 24.4 Å². The van der Waals surface area contributed by atoms with Crippen LogP contribution in [0.5, 0.6) is 0 Å². The summed E-state index contributed by atoms with van der Waals surface area (Å²) in [7, 11) is 0. The maximum atomic E-state index is 12.4. The molecule has 1 aromatic rings.